The molecule has 0 saturated heterocycles. The van der Waals surface area contributed by atoms with E-state index in [1.807, 2.05) is 6.20 Å². The molecule has 0 spiro atoms. The van der Waals surface area contributed by atoms with Gasteiger partial charge in [-0.1, -0.05) is 0 Å². The zero-order chi connectivity index (χ0) is 12.9. The molecule has 3 heteroatoms. The molecule has 0 aliphatic heterocycles. The minimum absolute atomic E-state index is 0.298. The van der Waals surface area contributed by atoms with E-state index in [9.17, 15) is 0 Å². The minimum atomic E-state index is 0.298. The Bertz CT molecular complexity index is 490. The van der Waals surface area contributed by atoms with Gasteiger partial charge in [0, 0.05) is 18.3 Å². The van der Waals surface area contributed by atoms with E-state index >= 15 is 0 Å². The van der Waals surface area contributed by atoms with E-state index in [4.69, 9.17) is 9.68 Å². The first-order chi connectivity index (χ1) is 9.27. The van der Waals surface area contributed by atoms with Crippen LogP contribution in [0.4, 0.5) is 0 Å². The van der Waals surface area contributed by atoms with Crippen LogP contribution >= 0.6 is 0 Å². The molecule has 4 bridgehead atoms. The van der Waals surface area contributed by atoms with Gasteiger partial charge in [-0.2, -0.15) is 5.26 Å². The van der Waals surface area contributed by atoms with Crippen LogP contribution in [0.15, 0.2) is 10.6 Å². The molecular formula is C16H20N2O. The maximum Gasteiger partial charge on any atom is 0.195 e. The smallest absolute Gasteiger partial charge is 0.195 e. The van der Waals surface area contributed by atoms with Crippen molar-refractivity contribution < 1.29 is 4.42 Å². The predicted octanol–water partition coefficient (Wildman–Crippen LogP) is 3.60. The summed E-state index contributed by atoms with van der Waals surface area (Å²) in [4.78, 5) is 4.39. The normalized spacial score (nSPS) is 39.4. The van der Waals surface area contributed by atoms with Crippen molar-refractivity contribution in [2.75, 3.05) is 0 Å². The van der Waals surface area contributed by atoms with Crippen LogP contribution in [-0.2, 0) is 11.8 Å². The predicted molar refractivity (Wildman–Crippen MR) is 70.3 cm³/mol. The number of aryl methyl sites for hydroxylation is 1. The lowest BCUT2D eigenvalue weighted by Gasteiger charge is -2.55. The van der Waals surface area contributed by atoms with Crippen molar-refractivity contribution in [3.63, 3.8) is 0 Å². The fraction of sp³-hybridized carbons (Fsp3) is 0.750. The molecule has 0 unspecified atom stereocenters. The van der Waals surface area contributed by atoms with Gasteiger partial charge in [-0.15, -0.1) is 0 Å². The molecule has 4 fully saturated rings. The van der Waals surface area contributed by atoms with E-state index in [0.29, 0.717) is 18.3 Å². The molecule has 4 saturated carbocycles. The molecule has 0 radical (unpaired) electrons. The second-order valence-corrected chi connectivity index (χ2v) is 6.97. The lowest BCUT2D eigenvalue weighted by molar-refractivity contribution is -0.0155. The van der Waals surface area contributed by atoms with E-state index in [1.165, 1.54) is 38.5 Å². The number of aromatic nitrogens is 1. The highest BCUT2D eigenvalue weighted by Gasteiger charge is 2.53. The van der Waals surface area contributed by atoms with Gasteiger partial charge < -0.3 is 4.42 Å². The molecule has 1 aromatic rings. The van der Waals surface area contributed by atoms with Crippen molar-refractivity contribution >= 4 is 0 Å². The topological polar surface area (TPSA) is 49.8 Å². The Morgan fingerprint density at radius 3 is 2.42 bits per heavy atom. The molecule has 3 nitrogen and oxygen atoms in total. The average molecular weight is 256 g/mol. The van der Waals surface area contributed by atoms with E-state index < -0.39 is 0 Å². The van der Waals surface area contributed by atoms with Gasteiger partial charge in [-0.05, 0) is 56.3 Å². The third-order valence-corrected chi connectivity index (χ3v) is 5.57. The van der Waals surface area contributed by atoms with Crippen LogP contribution in [0.3, 0.4) is 0 Å². The molecule has 4 aliphatic carbocycles. The molecule has 19 heavy (non-hydrogen) atoms. The largest absolute Gasteiger partial charge is 0.445 e. The van der Waals surface area contributed by atoms with Crippen LogP contribution < -0.4 is 0 Å². The van der Waals surface area contributed by atoms with Crippen molar-refractivity contribution in [1.82, 2.24) is 4.98 Å². The molecule has 1 aromatic heterocycles. The first-order valence-corrected chi connectivity index (χ1v) is 7.59. The van der Waals surface area contributed by atoms with E-state index in [2.05, 4.69) is 11.1 Å². The second kappa shape index (κ2) is 4.10. The number of oxazole rings is 1. The summed E-state index contributed by atoms with van der Waals surface area (Å²) >= 11 is 0. The molecular weight excluding hydrogens is 236 g/mol. The van der Waals surface area contributed by atoms with Gasteiger partial charge in [0.2, 0.25) is 0 Å². The Balaban J connectivity index is 1.61. The van der Waals surface area contributed by atoms with Gasteiger partial charge in [0.1, 0.15) is 5.76 Å². The third-order valence-electron chi connectivity index (χ3n) is 5.57. The minimum Gasteiger partial charge on any atom is -0.445 e. The fourth-order valence-electron chi connectivity index (χ4n) is 5.25. The van der Waals surface area contributed by atoms with Crippen LogP contribution in [0, 0.1) is 29.1 Å². The molecule has 4 aliphatic rings. The maximum absolute atomic E-state index is 8.64. The summed E-state index contributed by atoms with van der Waals surface area (Å²) in [5, 5.41) is 8.64. The Morgan fingerprint density at radius 1 is 1.21 bits per heavy atom. The Labute approximate surface area is 114 Å². The van der Waals surface area contributed by atoms with Gasteiger partial charge in [0.25, 0.3) is 0 Å². The van der Waals surface area contributed by atoms with Crippen LogP contribution in [-0.4, -0.2) is 4.98 Å². The first-order valence-electron chi connectivity index (χ1n) is 7.59. The summed E-state index contributed by atoms with van der Waals surface area (Å²) in [6.07, 6.45) is 11.4. The van der Waals surface area contributed by atoms with Crippen molar-refractivity contribution in [1.29, 1.82) is 5.26 Å². The summed E-state index contributed by atoms with van der Waals surface area (Å²) in [5.41, 5.74) is 0.298. The molecule has 0 N–H and O–H groups in total. The third kappa shape index (κ3) is 1.81. The van der Waals surface area contributed by atoms with Crippen molar-refractivity contribution in [2.24, 2.45) is 17.8 Å². The SMILES string of the molecule is N#CCCc1ncc(C23CC4CC(CC(C4)C2)C3)o1. The van der Waals surface area contributed by atoms with Gasteiger partial charge in [0.05, 0.1) is 12.3 Å². The van der Waals surface area contributed by atoms with Gasteiger partial charge in [0.15, 0.2) is 5.89 Å². The Kier molecular flexibility index (Phi) is 2.48. The van der Waals surface area contributed by atoms with Crippen LogP contribution in [0.1, 0.15) is 56.6 Å². The Hall–Kier alpha value is -1.30. The van der Waals surface area contributed by atoms with Gasteiger partial charge in [-0.3, -0.25) is 0 Å². The van der Waals surface area contributed by atoms with E-state index in [-0.39, 0.29) is 0 Å². The quantitative estimate of drug-likeness (QED) is 0.830. The number of nitrogens with zero attached hydrogens (tertiary/aromatic N) is 2. The summed E-state index contributed by atoms with van der Waals surface area (Å²) in [7, 11) is 0. The fourth-order valence-corrected chi connectivity index (χ4v) is 5.25. The monoisotopic (exact) mass is 256 g/mol. The average Bonchev–Trinajstić information content (AvgIpc) is 2.84. The highest BCUT2D eigenvalue weighted by atomic mass is 16.4. The molecule has 100 valence electrons. The van der Waals surface area contributed by atoms with Crippen molar-refractivity contribution in [3.05, 3.63) is 17.8 Å². The number of nitriles is 1. The molecule has 0 atom stereocenters. The highest BCUT2D eigenvalue weighted by Crippen LogP contribution is 2.60. The Morgan fingerprint density at radius 2 is 1.84 bits per heavy atom. The van der Waals surface area contributed by atoms with Crippen molar-refractivity contribution in [3.8, 4) is 6.07 Å². The molecule has 0 aromatic carbocycles. The standard InChI is InChI=1S/C16H20N2O/c17-3-1-2-15-18-10-14(19-15)16-7-11-4-12(8-16)6-13(5-11)9-16/h10-13H,1-2,4-9H2. The van der Waals surface area contributed by atoms with Crippen LogP contribution in [0.5, 0.6) is 0 Å². The van der Waals surface area contributed by atoms with Crippen LogP contribution in [0.2, 0.25) is 0 Å². The molecule has 1 heterocycles. The lowest BCUT2D eigenvalue weighted by Crippen LogP contribution is -2.48. The zero-order valence-electron chi connectivity index (χ0n) is 11.3. The summed E-state index contributed by atoms with van der Waals surface area (Å²) in [6.45, 7) is 0. The zero-order valence-corrected chi connectivity index (χ0v) is 11.3. The number of rotatable bonds is 3. The molecule has 5 rings (SSSR count). The summed E-state index contributed by atoms with van der Waals surface area (Å²) < 4.78 is 6.01. The van der Waals surface area contributed by atoms with Gasteiger partial charge >= 0.3 is 0 Å². The number of hydrogen-bond acceptors (Lipinski definition) is 3. The summed E-state index contributed by atoms with van der Waals surface area (Å²) in [5.74, 6) is 4.67. The lowest BCUT2D eigenvalue weighted by atomic mass is 9.49. The van der Waals surface area contributed by atoms with E-state index in [1.54, 1.807) is 0 Å². The highest BCUT2D eigenvalue weighted by molar-refractivity contribution is 5.19. The second-order valence-electron chi connectivity index (χ2n) is 6.97. The molecule has 0 amide bonds. The van der Waals surface area contributed by atoms with E-state index in [0.717, 1.165) is 29.4 Å². The van der Waals surface area contributed by atoms with Crippen molar-refractivity contribution in [2.45, 2.75) is 56.8 Å². The summed E-state index contributed by atoms with van der Waals surface area (Å²) in [6, 6.07) is 2.16. The van der Waals surface area contributed by atoms with Gasteiger partial charge in [-0.25, -0.2) is 4.98 Å². The first kappa shape index (κ1) is 11.5. The number of hydrogen-bond donors (Lipinski definition) is 0. The maximum atomic E-state index is 8.64. The van der Waals surface area contributed by atoms with Crippen LogP contribution in [0.25, 0.3) is 0 Å².